The van der Waals surface area contributed by atoms with E-state index in [2.05, 4.69) is 9.97 Å². The Morgan fingerprint density at radius 2 is 1.88 bits per heavy atom. The third-order valence-corrected chi connectivity index (χ3v) is 2.40. The zero-order chi connectivity index (χ0) is 11.4. The molecule has 1 heterocycles. The lowest BCUT2D eigenvalue weighted by atomic mass is 10.1. The highest BCUT2D eigenvalue weighted by atomic mass is 14.8. The number of nitrogens with zero attached hydrogens (tertiary/aromatic N) is 2. The smallest absolute Gasteiger partial charge is 0.0894 e. The minimum atomic E-state index is 0.916. The summed E-state index contributed by atoms with van der Waals surface area (Å²) in [5, 5.41) is 0. The van der Waals surface area contributed by atoms with E-state index in [1.54, 1.807) is 0 Å². The predicted octanol–water partition coefficient (Wildman–Crippen LogP) is 3.61. The molecule has 0 fully saturated rings. The van der Waals surface area contributed by atoms with E-state index in [0.29, 0.717) is 0 Å². The maximum atomic E-state index is 4.58. The minimum Gasteiger partial charge on any atom is -0.252 e. The molecule has 0 amide bonds. The molecule has 0 atom stereocenters. The quantitative estimate of drug-likeness (QED) is 0.708. The van der Waals surface area contributed by atoms with Crippen molar-refractivity contribution in [3.05, 3.63) is 54.4 Å². The predicted molar refractivity (Wildman–Crippen MR) is 68.0 cm³/mol. The zero-order valence-electron chi connectivity index (χ0n) is 9.51. The first-order chi connectivity index (χ1) is 7.85. The number of fused-ring (bicyclic) bond motifs is 1. The van der Waals surface area contributed by atoms with Gasteiger partial charge in [-0.05, 0) is 31.6 Å². The van der Waals surface area contributed by atoms with Crippen LogP contribution in [0.4, 0.5) is 0 Å². The van der Waals surface area contributed by atoms with Crippen LogP contribution in [0.3, 0.4) is 0 Å². The van der Waals surface area contributed by atoms with Crippen LogP contribution in [-0.4, -0.2) is 9.97 Å². The minimum absolute atomic E-state index is 0.916. The number of aromatic nitrogens is 2. The van der Waals surface area contributed by atoms with E-state index in [-0.39, 0.29) is 0 Å². The van der Waals surface area contributed by atoms with E-state index < -0.39 is 0 Å². The van der Waals surface area contributed by atoms with E-state index in [1.807, 2.05) is 62.5 Å². The van der Waals surface area contributed by atoms with Crippen LogP contribution in [0.25, 0.3) is 16.6 Å². The van der Waals surface area contributed by atoms with E-state index >= 15 is 0 Å². The van der Waals surface area contributed by atoms with Crippen molar-refractivity contribution in [2.75, 3.05) is 0 Å². The third kappa shape index (κ3) is 2.01. The summed E-state index contributed by atoms with van der Waals surface area (Å²) in [6, 6.07) is 7.90. The number of para-hydroxylation sites is 2. The summed E-state index contributed by atoms with van der Waals surface area (Å²) >= 11 is 0. The first-order valence-electron chi connectivity index (χ1n) is 5.36. The molecule has 0 aliphatic carbocycles. The van der Waals surface area contributed by atoms with E-state index in [9.17, 15) is 0 Å². The standard InChI is InChI=1S/C14H14N2/c1-3-7-11(4-2)14-10-15-12-8-5-6-9-13(12)16-14/h3-10H,1-2H3/b7-3-,11-4+. The molecule has 1 aromatic heterocycles. The number of hydrogen-bond donors (Lipinski definition) is 0. The van der Waals surface area contributed by atoms with Gasteiger partial charge in [-0.2, -0.15) is 0 Å². The highest BCUT2D eigenvalue weighted by Gasteiger charge is 2.01. The molecule has 2 aromatic rings. The molecule has 0 spiro atoms. The van der Waals surface area contributed by atoms with Gasteiger partial charge in [0.1, 0.15) is 0 Å². The van der Waals surface area contributed by atoms with Crippen molar-refractivity contribution in [1.82, 2.24) is 9.97 Å². The van der Waals surface area contributed by atoms with Gasteiger partial charge in [-0.3, -0.25) is 4.98 Å². The van der Waals surface area contributed by atoms with Gasteiger partial charge in [-0.15, -0.1) is 0 Å². The van der Waals surface area contributed by atoms with Gasteiger partial charge >= 0.3 is 0 Å². The molecule has 0 saturated carbocycles. The Kier molecular flexibility index (Phi) is 3.10. The summed E-state index contributed by atoms with van der Waals surface area (Å²) in [6.45, 7) is 4.00. The lowest BCUT2D eigenvalue weighted by molar-refractivity contribution is 1.25. The summed E-state index contributed by atoms with van der Waals surface area (Å²) in [5.74, 6) is 0. The van der Waals surface area contributed by atoms with Gasteiger partial charge in [0.05, 0.1) is 22.9 Å². The molecule has 0 bridgehead atoms. The van der Waals surface area contributed by atoms with Gasteiger partial charge in [0.15, 0.2) is 0 Å². The highest BCUT2D eigenvalue weighted by Crippen LogP contribution is 2.16. The Bertz CT molecular complexity index is 553. The van der Waals surface area contributed by atoms with Gasteiger partial charge in [0, 0.05) is 0 Å². The Morgan fingerprint density at radius 3 is 2.56 bits per heavy atom. The fourth-order valence-electron chi connectivity index (χ4n) is 1.61. The highest BCUT2D eigenvalue weighted by molar-refractivity contribution is 5.78. The molecule has 2 nitrogen and oxygen atoms in total. The first kappa shape index (κ1) is 10.6. The number of rotatable bonds is 2. The van der Waals surface area contributed by atoms with Crippen LogP contribution in [0, 0.1) is 0 Å². The molecule has 0 unspecified atom stereocenters. The summed E-state index contributed by atoms with van der Waals surface area (Å²) in [7, 11) is 0. The average molecular weight is 210 g/mol. The average Bonchev–Trinajstić information content (AvgIpc) is 2.35. The molecule has 1 aromatic carbocycles. The molecule has 0 saturated heterocycles. The van der Waals surface area contributed by atoms with Crippen molar-refractivity contribution >= 4 is 16.6 Å². The number of allylic oxidation sites excluding steroid dienone is 4. The summed E-state index contributed by atoms with van der Waals surface area (Å²) < 4.78 is 0. The maximum Gasteiger partial charge on any atom is 0.0894 e. The van der Waals surface area contributed by atoms with Gasteiger partial charge in [-0.1, -0.05) is 30.4 Å². The molecule has 2 rings (SSSR count). The second-order valence-electron chi connectivity index (χ2n) is 3.49. The number of hydrogen-bond acceptors (Lipinski definition) is 2. The van der Waals surface area contributed by atoms with Crippen molar-refractivity contribution in [2.24, 2.45) is 0 Å². The molecule has 2 heteroatoms. The van der Waals surface area contributed by atoms with Crippen LogP contribution in [0.1, 0.15) is 19.5 Å². The van der Waals surface area contributed by atoms with Gasteiger partial charge in [0.2, 0.25) is 0 Å². The Labute approximate surface area is 95.4 Å². The SMILES string of the molecule is C/C=C\C(=C/C)c1cnc2ccccc2n1. The lowest BCUT2D eigenvalue weighted by Crippen LogP contribution is -1.90. The molecule has 0 aliphatic rings. The molecular weight excluding hydrogens is 196 g/mol. The normalized spacial score (nSPS) is 12.5. The van der Waals surface area contributed by atoms with Crippen molar-refractivity contribution in [1.29, 1.82) is 0 Å². The molecule has 0 aliphatic heterocycles. The summed E-state index contributed by atoms with van der Waals surface area (Å²) in [5.41, 5.74) is 3.88. The van der Waals surface area contributed by atoms with Crippen LogP contribution in [0.15, 0.2) is 48.7 Å². The summed E-state index contributed by atoms with van der Waals surface area (Å²) in [4.78, 5) is 8.98. The Hall–Kier alpha value is -1.96. The number of benzene rings is 1. The molecule has 16 heavy (non-hydrogen) atoms. The third-order valence-electron chi connectivity index (χ3n) is 2.40. The van der Waals surface area contributed by atoms with Crippen LogP contribution in [0.2, 0.25) is 0 Å². The zero-order valence-corrected chi connectivity index (χ0v) is 9.51. The van der Waals surface area contributed by atoms with Crippen molar-refractivity contribution in [3.63, 3.8) is 0 Å². The van der Waals surface area contributed by atoms with Crippen molar-refractivity contribution in [2.45, 2.75) is 13.8 Å². The largest absolute Gasteiger partial charge is 0.252 e. The molecule has 0 N–H and O–H groups in total. The second-order valence-corrected chi connectivity index (χ2v) is 3.49. The molecule has 0 radical (unpaired) electrons. The molecule has 80 valence electrons. The molecular formula is C14H14N2. The van der Waals surface area contributed by atoms with Crippen molar-refractivity contribution < 1.29 is 0 Å². The van der Waals surface area contributed by atoms with Crippen LogP contribution in [0.5, 0.6) is 0 Å². The first-order valence-corrected chi connectivity index (χ1v) is 5.36. The van der Waals surface area contributed by atoms with Crippen LogP contribution >= 0.6 is 0 Å². The Morgan fingerprint density at radius 1 is 1.12 bits per heavy atom. The maximum absolute atomic E-state index is 4.58. The topological polar surface area (TPSA) is 25.8 Å². The second kappa shape index (κ2) is 4.71. The van der Waals surface area contributed by atoms with Gasteiger partial charge < -0.3 is 0 Å². The fourth-order valence-corrected chi connectivity index (χ4v) is 1.61. The van der Waals surface area contributed by atoms with E-state index in [1.165, 1.54) is 0 Å². The monoisotopic (exact) mass is 210 g/mol. The van der Waals surface area contributed by atoms with E-state index in [4.69, 9.17) is 0 Å². The van der Waals surface area contributed by atoms with E-state index in [0.717, 1.165) is 22.3 Å². The van der Waals surface area contributed by atoms with Gasteiger partial charge in [0.25, 0.3) is 0 Å². The lowest BCUT2D eigenvalue weighted by Gasteiger charge is -2.02. The van der Waals surface area contributed by atoms with Crippen LogP contribution in [-0.2, 0) is 0 Å². The van der Waals surface area contributed by atoms with Gasteiger partial charge in [-0.25, -0.2) is 4.98 Å². The summed E-state index contributed by atoms with van der Waals surface area (Å²) in [6.07, 6.45) is 7.90. The van der Waals surface area contributed by atoms with Crippen molar-refractivity contribution in [3.8, 4) is 0 Å². The fraction of sp³-hybridized carbons (Fsp3) is 0.143. The van der Waals surface area contributed by atoms with Crippen LogP contribution < -0.4 is 0 Å². The Balaban J connectivity index is 2.54.